The Morgan fingerprint density at radius 1 is 1.00 bits per heavy atom. The molecule has 0 amide bonds. The molecule has 3 rings (SSSR count). The Morgan fingerprint density at radius 3 is 2.52 bits per heavy atom. The quantitative estimate of drug-likeness (QED) is 0.527. The fourth-order valence-corrected chi connectivity index (χ4v) is 2.93. The largest absolute Gasteiger partial charge is 0.618 e. The second-order valence-corrected chi connectivity index (χ2v) is 5.98. The fraction of sp³-hybridized carbons (Fsp3) is 0.211. The molecule has 0 unspecified atom stereocenters. The van der Waals surface area contributed by atoms with Crippen molar-refractivity contribution in [2.24, 2.45) is 0 Å². The summed E-state index contributed by atoms with van der Waals surface area (Å²) in [5.74, 6) is 0.810. The first kappa shape index (κ1) is 15.6. The van der Waals surface area contributed by atoms with Gasteiger partial charge in [-0.05, 0) is 18.2 Å². The molecule has 3 aromatic rings. The van der Waals surface area contributed by atoms with E-state index in [0.29, 0.717) is 18.7 Å². The average Bonchev–Trinajstić information content (AvgIpc) is 2.57. The van der Waals surface area contributed by atoms with Gasteiger partial charge in [0.2, 0.25) is 0 Å². The molecule has 0 N–H and O–H groups in total. The molecule has 118 valence electrons. The van der Waals surface area contributed by atoms with Gasteiger partial charge in [-0.2, -0.15) is 4.73 Å². The van der Waals surface area contributed by atoms with Crippen molar-refractivity contribution in [2.45, 2.75) is 20.3 Å². The standard InChI is InChI=1S/C19H18ClNO2/c1-13-7-8-15(14(2)21(13)22)11-12-23-19-10-9-18(20)16-5-3-4-6-17(16)19/h3-10H,11-12H2,1-2H3. The molecule has 0 aliphatic carbocycles. The predicted octanol–water partition coefficient (Wildman–Crippen LogP) is 4.36. The van der Waals surface area contributed by atoms with Crippen molar-refractivity contribution < 1.29 is 9.47 Å². The van der Waals surface area contributed by atoms with Crippen LogP contribution in [-0.2, 0) is 6.42 Å². The van der Waals surface area contributed by atoms with Crippen molar-refractivity contribution in [2.75, 3.05) is 6.61 Å². The van der Waals surface area contributed by atoms with Gasteiger partial charge in [0.05, 0.1) is 6.61 Å². The molecule has 1 aromatic heterocycles. The van der Waals surface area contributed by atoms with Crippen LogP contribution in [-0.4, -0.2) is 6.61 Å². The molecule has 0 aliphatic heterocycles. The lowest BCUT2D eigenvalue weighted by Crippen LogP contribution is -2.34. The first-order valence-corrected chi connectivity index (χ1v) is 7.94. The van der Waals surface area contributed by atoms with Gasteiger partial charge in [0.25, 0.3) is 0 Å². The highest BCUT2D eigenvalue weighted by Gasteiger charge is 2.10. The summed E-state index contributed by atoms with van der Waals surface area (Å²) in [5.41, 5.74) is 2.44. The third kappa shape index (κ3) is 3.10. The normalized spacial score (nSPS) is 10.9. The second-order valence-electron chi connectivity index (χ2n) is 5.57. The zero-order chi connectivity index (χ0) is 16.4. The highest BCUT2D eigenvalue weighted by Crippen LogP contribution is 2.31. The number of rotatable bonds is 4. The van der Waals surface area contributed by atoms with Crippen LogP contribution in [0.2, 0.25) is 5.02 Å². The Kier molecular flexibility index (Phi) is 4.39. The van der Waals surface area contributed by atoms with Gasteiger partial charge >= 0.3 is 0 Å². The van der Waals surface area contributed by atoms with Crippen LogP contribution >= 0.6 is 11.6 Å². The molecule has 23 heavy (non-hydrogen) atoms. The third-order valence-corrected chi connectivity index (χ3v) is 4.40. The smallest absolute Gasteiger partial charge is 0.193 e. The predicted molar refractivity (Wildman–Crippen MR) is 93.0 cm³/mol. The molecule has 0 saturated heterocycles. The third-order valence-electron chi connectivity index (χ3n) is 4.08. The van der Waals surface area contributed by atoms with E-state index in [9.17, 15) is 5.21 Å². The van der Waals surface area contributed by atoms with Crippen molar-refractivity contribution in [3.05, 3.63) is 75.7 Å². The topological polar surface area (TPSA) is 36.2 Å². The maximum atomic E-state index is 11.9. The summed E-state index contributed by atoms with van der Waals surface area (Å²) in [7, 11) is 0. The van der Waals surface area contributed by atoms with Gasteiger partial charge in [-0.25, -0.2) is 0 Å². The SMILES string of the molecule is Cc1ccc(CCOc2ccc(Cl)c3ccccc23)c(C)[n+]1[O-]. The molecule has 0 aliphatic rings. The minimum Gasteiger partial charge on any atom is -0.618 e. The zero-order valence-corrected chi connectivity index (χ0v) is 13.9. The first-order chi connectivity index (χ1) is 11.1. The van der Waals surface area contributed by atoms with Gasteiger partial charge in [-0.3, -0.25) is 0 Å². The fourth-order valence-electron chi connectivity index (χ4n) is 2.70. The van der Waals surface area contributed by atoms with E-state index in [-0.39, 0.29) is 0 Å². The van der Waals surface area contributed by atoms with Crippen LogP contribution in [0.1, 0.15) is 17.0 Å². The van der Waals surface area contributed by atoms with Gasteiger partial charge in [0.1, 0.15) is 5.75 Å². The van der Waals surface area contributed by atoms with Gasteiger partial charge < -0.3 is 9.94 Å². The van der Waals surface area contributed by atoms with Crippen LogP contribution in [0.15, 0.2) is 48.5 Å². The Morgan fingerprint density at radius 2 is 1.74 bits per heavy atom. The van der Waals surface area contributed by atoms with Crippen molar-refractivity contribution in [1.29, 1.82) is 0 Å². The number of nitrogens with zero attached hydrogens (tertiary/aromatic N) is 1. The molecule has 0 radical (unpaired) electrons. The number of hydrogen-bond donors (Lipinski definition) is 0. The maximum absolute atomic E-state index is 11.9. The monoisotopic (exact) mass is 327 g/mol. The summed E-state index contributed by atoms with van der Waals surface area (Å²) >= 11 is 6.22. The number of benzene rings is 2. The number of halogens is 1. The molecular formula is C19H18ClNO2. The van der Waals surface area contributed by atoms with E-state index in [1.54, 1.807) is 6.92 Å². The van der Waals surface area contributed by atoms with Crippen LogP contribution in [0.25, 0.3) is 10.8 Å². The minimum atomic E-state index is 0.509. The number of hydrogen-bond acceptors (Lipinski definition) is 2. The molecular weight excluding hydrogens is 310 g/mol. The summed E-state index contributed by atoms with van der Waals surface area (Å²) in [5, 5.41) is 14.6. The molecule has 2 aromatic carbocycles. The van der Waals surface area contributed by atoms with E-state index in [1.165, 1.54) is 0 Å². The lowest BCUT2D eigenvalue weighted by molar-refractivity contribution is -0.619. The Hall–Kier alpha value is -2.26. The lowest BCUT2D eigenvalue weighted by Gasteiger charge is -2.12. The second kappa shape index (κ2) is 6.47. The molecule has 4 heteroatoms. The van der Waals surface area contributed by atoms with E-state index in [4.69, 9.17) is 16.3 Å². The van der Waals surface area contributed by atoms with Crippen molar-refractivity contribution >= 4 is 22.4 Å². The van der Waals surface area contributed by atoms with Crippen LogP contribution in [0, 0.1) is 19.1 Å². The highest BCUT2D eigenvalue weighted by molar-refractivity contribution is 6.35. The van der Waals surface area contributed by atoms with E-state index in [1.807, 2.05) is 55.5 Å². The number of ether oxygens (including phenoxy) is 1. The lowest BCUT2D eigenvalue weighted by atomic mass is 10.1. The molecule has 0 saturated carbocycles. The number of fused-ring (bicyclic) bond motifs is 1. The Labute approximate surface area is 140 Å². The molecule has 3 nitrogen and oxygen atoms in total. The summed E-state index contributed by atoms with van der Waals surface area (Å²) in [6, 6.07) is 15.5. The van der Waals surface area contributed by atoms with E-state index < -0.39 is 0 Å². The van der Waals surface area contributed by atoms with E-state index >= 15 is 0 Å². The molecule has 1 heterocycles. The van der Waals surface area contributed by atoms with Gasteiger partial charge in [-0.15, -0.1) is 0 Å². The summed E-state index contributed by atoms with van der Waals surface area (Å²) in [4.78, 5) is 0. The van der Waals surface area contributed by atoms with E-state index in [2.05, 4.69) is 0 Å². The molecule has 0 spiro atoms. The minimum absolute atomic E-state index is 0.509. The summed E-state index contributed by atoms with van der Waals surface area (Å²) in [6.07, 6.45) is 0.686. The number of aromatic nitrogens is 1. The van der Waals surface area contributed by atoms with Gasteiger partial charge in [-0.1, -0.05) is 35.9 Å². The number of aryl methyl sites for hydroxylation is 1. The van der Waals surface area contributed by atoms with Crippen LogP contribution in [0.3, 0.4) is 0 Å². The molecule has 0 bridgehead atoms. The Balaban J connectivity index is 1.77. The van der Waals surface area contributed by atoms with Crippen LogP contribution < -0.4 is 9.47 Å². The van der Waals surface area contributed by atoms with Crippen molar-refractivity contribution in [3.8, 4) is 5.75 Å². The average molecular weight is 328 g/mol. The van der Waals surface area contributed by atoms with Crippen molar-refractivity contribution in [1.82, 2.24) is 0 Å². The van der Waals surface area contributed by atoms with Gasteiger partial charge in [0, 0.05) is 47.7 Å². The maximum Gasteiger partial charge on any atom is 0.193 e. The van der Waals surface area contributed by atoms with Crippen molar-refractivity contribution in [3.63, 3.8) is 0 Å². The zero-order valence-electron chi connectivity index (χ0n) is 13.2. The highest BCUT2D eigenvalue weighted by atomic mass is 35.5. The van der Waals surface area contributed by atoms with Crippen LogP contribution in [0.5, 0.6) is 5.75 Å². The first-order valence-electron chi connectivity index (χ1n) is 7.56. The summed E-state index contributed by atoms with van der Waals surface area (Å²) < 4.78 is 6.90. The molecule has 0 atom stereocenters. The number of pyridine rings is 1. The van der Waals surface area contributed by atoms with Crippen LogP contribution in [0.4, 0.5) is 0 Å². The van der Waals surface area contributed by atoms with Gasteiger partial charge in [0.15, 0.2) is 11.4 Å². The van der Waals surface area contributed by atoms with E-state index in [0.717, 1.165) is 37.5 Å². The molecule has 0 fully saturated rings. The summed E-state index contributed by atoms with van der Waals surface area (Å²) in [6.45, 7) is 4.16. The Bertz CT molecular complexity index is 861.